The highest BCUT2D eigenvalue weighted by atomic mass is 16.7. The zero-order valence-corrected chi connectivity index (χ0v) is 20.0. The summed E-state index contributed by atoms with van der Waals surface area (Å²) in [5.74, 6) is -3.15. The third kappa shape index (κ3) is 8.07. The zero-order chi connectivity index (χ0) is 27.9. The van der Waals surface area contributed by atoms with Crippen molar-refractivity contribution in [1.29, 1.82) is 0 Å². The third-order valence-corrected chi connectivity index (χ3v) is 4.74. The van der Waals surface area contributed by atoms with Crippen molar-refractivity contribution in [2.75, 3.05) is 12.0 Å². The molecule has 0 aliphatic carbocycles. The lowest BCUT2D eigenvalue weighted by Gasteiger charge is -2.44. The van der Waals surface area contributed by atoms with Crippen LogP contribution in [-0.2, 0) is 42.9 Å². The fourth-order valence-corrected chi connectivity index (χ4v) is 3.40. The van der Waals surface area contributed by atoms with E-state index in [1.807, 2.05) is 0 Å². The Hall–Kier alpha value is -4.38. The molecule has 202 valence electrons. The summed E-state index contributed by atoms with van der Waals surface area (Å²) < 4.78 is 26.3. The Bertz CT molecular complexity index is 1080. The van der Waals surface area contributed by atoms with E-state index in [2.05, 4.69) is 10.9 Å². The molecular formula is C20H24N4O13. The van der Waals surface area contributed by atoms with E-state index >= 15 is 0 Å². The Balaban J connectivity index is 2.48. The molecule has 1 fully saturated rings. The number of benzene rings is 1. The van der Waals surface area contributed by atoms with Gasteiger partial charge in [0.1, 0.15) is 18.8 Å². The molecule has 0 spiro atoms. The van der Waals surface area contributed by atoms with Gasteiger partial charge in [-0.1, -0.05) is 0 Å². The molecule has 37 heavy (non-hydrogen) atoms. The molecule has 1 heterocycles. The Morgan fingerprint density at radius 2 is 1.43 bits per heavy atom. The Morgan fingerprint density at radius 1 is 0.865 bits per heavy atom. The van der Waals surface area contributed by atoms with Crippen molar-refractivity contribution >= 4 is 40.9 Å². The van der Waals surface area contributed by atoms with Gasteiger partial charge < -0.3 is 29.1 Å². The average molecular weight is 528 g/mol. The lowest BCUT2D eigenvalue weighted by atomic mass is 9.96. The van der Waals surface area contributed by atoms with Gasteiger partial charge in [-0.2, -0.15) is 0 Å². The van der Waals surface area contributed by atoms with Gasteiger partial charge in [-0.25, -0.2) is 5.43 Å². The van der Waals surface area contributed by atoms with Crippen molar-refractivity contribution in [3.8, 4) is 0 Å². The summed E-state index contributed by atoms with van der Waals surface area (Å²) in [5, 5.41) is 22.4. The summed E-state index contributed by atoms with van der Waals surface area (Å²) in [6.45, 7) is 3.85. The van der Waals surface area contributed by atoms with Gasteiger partial charge >= 0.3 is 35.3 Å². The lowest BCUT2D eigenvalue weighted by molar-refractivity contribution is -0.422. The van der Waals surface area contributed by atoms with Gasteiger partial charge in [0.15, 0.2) is 12.2 Å². The Labute approximate surface area is 208 Å². The van der Waals surface area contributed by atoms with Crippen LogP contribution in [0, 0.1) is 20.2 Å². The molecule has 0 radical (unpaired) electrons. The smallest absolute Gasteiger partial charge is 0.348 e. The molecule has 1 aromatic rings. The second kappa shape index (κ2) is 12.5. The van der Waals surface area contributed by atoms with Crippen molar-refractivity contribution in [3.63, 3.8) is 0 Å². The van der Waals surface area contributed by atoms with E-state index in [0.717, 1.165) is 45.9 Å². The first kappa shape index (κ1) is 28.9. The average Bonchev–Trinajstić information content (AvgIpc) is 2.77. The number of nitro benzene ring substituents is 2. The molecule has 5 atom stereocenters. The molecule has 0 amide bonds. The van der Waals surface area contributed by atoms with E-state index in [4.69, 9.17) is 23.7 Å². The fourth-order valence-electron chi connectivity index (χ4n) is 3.40. The van der Waals surface area contributed by atoms with E-state index in [-0.39, 0.29) is 5.69 Å². The summed E-state index contributed by atoms with van der Waals surface area (Å²) in [6, 6.07) is 1.65. The maximum absolute atomic E-state index is 11.9. The standard InChI is InChI=1S/C20H24N4O13/c1-9(25)33-8-16-18(34-10(2)26)17(19(35-11(3)27)20(37-16)36-12(4)28)22-21-13-5-6-14(23(29)30)15(7-13)24(31)32/h5-7,16-22H,8H2,1-4H3. The van der Waals surface area contributed by atoms with E-state index < -0.39 is 82.3 Å². The summed E-state index contributed by atoms with van der Waals surface area (Å²) in [5.41, 5.74) is 3.65. The first-order valence-corrected chi connectivity index (χ1v) is 10.5. The van der Waals surface area contributed by atoms with Crippen LogP contribution in [-0.4, -0.2) is 71.0 Å². The van der Waals surface area contributed by atoms with Gasteiger partial charge in [0.05, 0.1) is 15.5 Å². The highest BCUT2D eigenvalue weighted by molar-refractivity contribution is 5.68. The van der Waals surface area contributed by atoms with Crippen LogP contribution < -0.4 is 10.9 Å². The van der Waals surface area contributed by atoms with Crippen LogP contribution in [0.5, 0.6) is 0 Å². The molecule has 0 aromatic heterocycles. The molecule has 17 nitrogen and oxygen atoms in total. The lowest BCUT2D eigenvalue weighted by Crippen LogP contribution is -2.67. The van der Waals surface area contributed by atoms with Crippen molar-refractivity contribution in [2.45, 2.75) is 58.3 Å². The Kier molecular flexibility index (Phi) is 9.78. The molecule has 1 aliphatic heterocycles. The summed E-state index contributed by atoms with van der Waals surface area (Å²) >= 11 is 0. The number of carbonyl (C=O) groups is 4. The number of nitro groups is 2. The predicted molar refractivity (Wildman–Crippen MR) is 118 cm³/mol. The van der Waals surface area contributed by atoms with Gasteiger partial charge in [-0.15, -0.1) is 0 Å². The van der Waals surface area contributed by atoms with Crippen molar-refractivity contribution in [1.82, 2.24) is 5.43 Å². The molecule has 2 rings (SSSR count). The molecule has 1 aromatic carbocycles. The minimum atomic E-state index is -1.56. The van der Waals surface area contributed by atoms with Gasteiger partial charge in [-0.3, -0.25) is 39.4 Å². The minimum absolute atomic E-state index is 0.0347. The molecule has 0 bridgehead atoms. The molecule has 0 saturated carbocycles. The van der Waals surface area contributed by atoms with Crippen molar-refractivity contribution < 1.29 is 52.7 Å². The number of nitrogens with zero attached hydrogens (tertiary/aromatic N) is 2. The largest absolute Gasteiger partial charge is 0.463 e. The van der Waals surface area contributed by atoms with Crippen LogP contribution in [0.3, 0.4) is 0 Å². The van der Waals surface area contributed by atoms with Gasteiger partial charge in [-0.05, 0) is 6.07 Å². The number of hydrogen-bond acceptors (Lipinski definition) is 15. The van der Waals surface area contributed by atoms with E-state index in [0.29, 0.717) is 0 Å². The fraction of sp³-hybridized carbons (Fsp3) is 0.500. The number of rotatable bonds is 10. The van der Waals surface area contributed by atoms with Crippen LogP contribution >= 0.6 is 0 Å². The normalized spacial score (nSPS) is 22.8. The van der Waals surface area contributed by atoms with Crippen molar-refractivity contribution in [3.05, 3.63) is 38.4 Å². The number of esters is 4. The number of ether oxygens (including phenoxy) is 5. The summed E-state index contributed by atoms with van der Waals surface area (Å²) in [4.78, 5) is 67.2. The first-order valence-electron chi connectivity index (χ1n) is 10.5. The highest BCUT2D eigenvalue weighted by Crippen LogP contribution is 2.31. The predicted octanol–water partition coefficient (Wildman–Crippen LogP) is 0.503. The zero-order valence-electron chi connectivity index (χ0n) is 20.0. The van der Waals surface area contributed by atoms with Crippen LogP contribution in [0.25, 0.3) is 0 Å². The second-order valence-corrected chi connectivity index (χ2v) is 7.62. The van der Waals surface area contributed by atoms with E-state index in [1.54, 1.807) is 0 Å². The number of hydrazine groups is 1. The number of nitrogens with one attached hydrogen (secondary N) is 2. The minimum Gasteiger partial charge on any atom is -0.463 e. The van der Waals surface area contributed by atoms with E-state index in [9.17, 15) is 39.4 Å². The summed E-state index contributed by atoms with van der Waals surface area (Å²) in [7, 11) is 0. The molecule has 1 aliphatic rings. The van der Waals surface area contributed by atoms with Gasteiger partial charge in [0.2, 0.25) is 6.29 Å². The molecule has 2 N–H and O–H groups in total. The van der Waals surface area contributed by atoms with Crippen molar-refractivity contribution in [2.24, 2.45) is 0 Å². The van der Waals surface area contributed by atoms with Crippen LogP contribution in [0.4, 0.5) is 17.1 Å². The highest BCUT2D eigenvalue weighted by Gasteiger charge is 2.51. The molecule has 17 heteroatoms. The van der Waals surface area contributed by atoms with Crippen LogP contribution in [0.15, 0.2) is 18.2 Å². The molecular weight excluding hydrogens is 504 g/mol. The van der Waals surface area contributed by atoms with Gasteiger partial charge in [0, 0.05) is 39.8 Å². The SMILES string of the molecule is CC(=O)OCC1OC(OC(C)=O)C(OC(C)=O)C(NNc2ccc([N+](=O)[O-])c([N+](=O)[O-])c2)C1OC(C)=O. The number of anilines is 1. The Morgan fingerprint density at radius 3 is 1.95 bits per heavy atom. The summed E-state index contributed by atoms with van der Waals surface area (Å²) in [6.07, 6.45) is -5.55. The number of hydrogen-bond donors (Lipinski definition) is 2. The second-order valence-electron chi connectivity index (χ2n) is 7.62. The quantitative estimate of drug-likeness (QED) is 0.182. The monoisotopic (exact) mass is 528 g/mol. The third-order valence-electron chi connectivity index (χ3n) is 4.74. The number of carbonyl (C=O) groups excluding carboxylic acids is 4. The van der Waals surface area contributed by atoms with Crippen LogP contribution in [0.2, 0.25) is 0 Å². The molecule has 1 saturated heterocycles. The van der Waals surface area contributed by atoms with Gasteiger partial charge in [0.25, 0.3) is 0 Å². The molecule has 5 unspecified atom stereocenters. The van der Waals surface area contributed by atoms with E-state index in [1.165, 1.54) is 0 Å². The topological polar surface area (TPSA) is 225 Å². The van der Waals surface area contributed by atoms with Crippen LogP contribution in [0.1, 0.15) is 27.7 Å². The maximum atomic E-state index is 11.9. The first-order chi connectivity index (χ1) is 17.3. The maximum Gasteiger partial charge on any atom is 0.348 e.